The van der Waals surface area contributed by atoms with E-state index in [4.69, 9.17) is 16.3 Å². The molecule has 0 aliphatic rings. The summed E-state index contributed by atoms with van der Waals surface area (Å²) in [5, 5.41) is 0.398. The third-order valence-corrected chi connectivity index (χ3v) is 3.19. The second-order valence-electron chi connectivity index (χ2n) is 4.37. The van der Waals surface area contributed by atoms with Crippen molar-refractivity contribution in [2.75, 3.05) is 7.11 Å². The van der Waals surface area contributed by atoms with Gasteiger partial charge in [-0.25, -0.2) is 9.97 Å². The molecule has 1 aromatic carbocycles. The van der Waals surface area contributed by atoms with Gasteiger partial charge in [-0.1, -0.05) is 11.6 Å². The van der Waals surface area contributed by atoms with E-state index in [1.165, 1.54) is 0 Å². The van der Waals surface area contributed by atoms with Gasteiger partial charge in [-0.3, -0.25) is 4.98 Å². The summed E-state index contributed by atoms with van der Waals surface area (Å²) in [6.07, 6.45) is 3.42. The number of aromatic nitrogens is 3. The Bertz CT molecular complexity index is 745. The zero-order valence-corrected chi connectivity index (χ0v) is 12.1. The summed E-state index contributed by atoms with van der Waals surface area (Å²) >= 11 is 6.11. The average Bonchev–Trinajstić information content (AvgIpc) is 2.55. The lowest BCUT2D eigenvalue weighted by Gasteiger charge is -2.06. The van der Waals surface area contributed by atoms with Crippen molar-refractivity contribution in [3.8, 4) is 28.4 Å². The molecule has 0 aliphatic heterocycles. The summed E-state index contributed by atoms with van der Waals surface area (Å²) in [6.45, 7) is 0. The van der Waals surface area contributed by atoms with Crippen LogP contribution in [-0.4, -0.2) is 22.1 Å². The van der Waals surface area contributed by atoms with Crippen LogP contribution in [0.5, 0.6) is 5.75 Å². The lowest BCUT2D eigenvalue weighted by atomic mass is 10.1. The Morgan fingerprint density at radius 2 is 1.81 bits per heavy atom. The fourth-order valence-corrected chi connectivity index (χ4v) is 2.13. The van der Waals surface area contributed by atoms with E-state index in [1.54, 1.807) is 25.6 Å². The van der Waals surface area contributed by atoms with Crippen LogP contribution in [-0.2, 0) is 0 Å². The maximum Gasteiger partial charge on any atom is 0.163 e. The van der Waals surface area contributed by atoms with E-state index in [1.807, 2.05) is 36.4 Å². The highest BCUT2D eigenvalue weighted by Crippen LogP contribution is 2.25. The zero-order valence-electron chi connectivity index (χ0n) is 11.3. The number of nitrogens with zero attached hydrogens (tertiary/aromatic N) is 3. The molecule has 0 spiro atoms. The molecule has 0 fully saturated rings. The molecule has 0 amide bonds. The molecular formula is C16H12ClN3O. The molecule has 0 aliphatic carbocycles. The lowest BCUT2D eigenvalue weighted by molar-refractivity contribution is 0.415. The van der Waals surface area contributed by atoms with Crippen LogP contribution >= 0.6 is 11.6 Å². The minimum absolute atomic E-state index is 0.398. The zero-order chi connectivity index (χ0) is 14.7. The van der Waals surface area contributed by atoms with Gasteiger partial charge in [-0.15, -0.1) is 0 Å². The Morgan fingerprint density at radius 1 is 1.00 bits per heavy atom. The molecule has 5 heteroatoms. The Balaban J connectivity index is 2.05. The molecule has 21 heavy (non-hydrogen) atoms. The lowest BCUT2D eigenvalue weighted by Crippen LogP contribution is -1.93. The largest absolute Gasteiger partial charge is 0.497 e. The van der Waals surface area contributed by atoms with Gasteiger partial charge in [0.2, 0.25) is 0 Å². The normalized spacial score (nSPS) is 10.4. The molecule has 104 valence electrons. The molecule has 0 bridgehead atoms. The maximum atomic E-state index is 6.11. The second kappa shape index (κ2) is 5.89. The number of methoxy groups -OCH3 is 1. The van der Waals surface area contributed by atoms with E-state index >= 15 is 0 Å². The maximum absolute atomic E-state index is 6.11. The van der Waals surface area contributed by atoms with E-state index in [-0.39, 0.29) is 0 Å². The molecule has 3 aromatic rings. The molecule has 0 radical (unpaired) electrons. The molecular weight excluding hydrogens is 286 g/mol. The van der Waals surface area contributed by atoms with Crippen molar-refractivity contribution in [1.82, 2.24) is 15.0 Å². The fraction of sp³-hybridized carbons (Fsp3) is 0.0625. The highest BCUT2D eigenvalue weighted by molar-refractivity contribution is 6.29. The van der Waals surface area contributed by atoms with Gasteiger partial charge in [-0.2, -0.15) is 0 Å². The Hall–Kier alpha value is -2.46. The molecule has 0 unspecified atom stereocenters. The van der Waals surface area contributed by atoms with Crippen LogP contribution in [0.1, 0.15) is 0 Å². The van der Waals surface area contributed by atoms with Gasteiger partial charge in [0.1, 0.15) is 10.9 Å². The summed E-state index contributed by atoms with van der Waals surface area (Å²) in [4.78, 5) is 12.9. The summed E-state index contributed by atoms with van der Waals surface area (Å²) in [5.74, 6) is 1.35. The summed E-state index contributed by atoms with van der Waals surface area (Å²) < 4.78 is 5.15. The van der Waals surface area contributed by atoms with Crippen LogP contribution in [0.15, 0.2) is 54.9 Å². The van der Waals surface area contributed by atoms with Crippen LogP contribution in [0, 0.1) is 0 Å². The number of rotatable bonds is 3. The Morgan fingerprint density at radius 3 is 2.48 bits per heavy atom. The van der Waals surface area contributed by atoms with Gasteiger partial charge in [-0.05, 0) is 36.4 Å². The predicted molar refractivity (Wildman–Crippen MR) is 82.3 cm³/mol. The highest BCUT2D eigenvalue weighted by Gasteiger charge is 2.08. The van der Waals surface area contributed by atoms with Gasteiger partial charge in [0.05, 0.1) is 12.8 Å². The van der Waals surface area contributed by atoms with Crippen LogP contribution in [0.4, 0.5) is 0 Å². The first-order valence-corrected chi connectivity index (χ1v) is 6.73. The van der Waals surface area contributed by atoms with Gasteiger partial charge in [0.25, 0.3) is 0 Å². The van der Waals surface area contributed by atoms with Crippen LogP contribution < -0.4 is 4.74 Å². The smallest absolute Gasteiger partial charge is 0.163 e. The van der Waals surface area contributed by atoms with E-state index in [2.05, 4.69) is 15.0 Å². The van der Waals surface area contributed by atoms with Crippen molar-refractivity contribution in [2.24, 2.45) is 0 Å². The molecule has 0 atom stereocenters. The predicted octanol–water partition coefficient (Wildman–Crippen LogP) is 3.87. The van der Waals surface area contributed by atoms with Gasteiger partial charge in [0, 0.05) is 29.6 Å². The van der Waals surface area contributed by atoms with Crippen LogP contribution in [0.2, 0.25) is 5.15 Å². The third-order valence-electron chi connectivity index (χ3n) is 3.00. The van der Waals surface area contributed by atoms with Crippen LogP contribution in [0.25, 0.3) is 22.6 Å². The third kappa shape index (κ3) is 3.01. The first-order chi connectivity index (χ1) is 10.3. The molecule has 3 rings (SSSR count). The average molecular weight is 298 g/mol. The van der Waals surface area contributed by atoms with Gasteiger partial charge < -0.3 is 4.74 Å². The van der Waals surface area contributed by atoms with E-state index in [9.17, 15) is 0 Å². The quantitative estimate of drug-likeness (QED) is 0.689. The molecule has 0 saturated heterocycles. The van der Waals surface area contributed by atoms with E-state index in [0.717, 1.165) is 22.6 Å². The fourth-order valence-electron chi connectivity index (χ4n) is 1.95. The number of pyridine rings is 1. The first kappa shape index (κ1) is 13.5. The number of hydrogen-bond donors (Lipinski definition) is 0. The molecule has 0 N–H and O–H groups in total. The summed E-state index contributed by atoms with van der Waals surface area (Å²) in [6, 6.07) is 13.1. The monoisotopic (exact) mass is 297 g/mol. The van der Waals surface area contributed by atoms with Crippen LogP contribution in [0.3, 0.4) is 0 Å². The topological polar surface area (TPSA) is 47.9 Å². The standard InChI is InChI=1S/C16H12ClN3O/c1-21-13-6-4-11(5-7-13)14-9-15(17)20-16(19-14)12-3-2-8-18-10-12/h2-10H,1H3. The number of benzene rings is 1. The molecule has 4 nitrogen and oxygen atoms in total. The van der Waals surface area contributed by atoms with E-state index < -0.39 is 0 Å². The van der Waals surface area contributed by atoms with Crippen molar-refractivity contribution in [2.45, 2.75) is 0 Å². The van der Waals surface area contributed by atoms with Crippen molar-refractivity contribution < 1.29 is 4.74 Å². The Kier molecular flexibility index (Phi) is 3.79. The second-order valence-corrected chi connectivity index (χ2v) is 4.76. The minimum Gasteiger partial charge on any atom is -0.497 e. The Labute approximate surface area is 127 Å². The first-order valence-electron chi connectivity index (χ1n) is 6.35. The molecule has 2 heterocycles. The van der Waals surface area contributed by atoms with Gasteiger partial charge in [0.15, 0.2) is 5.82 Å². The number of ether oxygens (including phenoxy) is 1. The number of hydrogen-bond acceptors (Lipinski definition) is 4. The molecule has 2 aromatic heterocycles. The number of halogens is 1. The van der Waals surface area contributed by atoms with Gasteiger partial charge >= 0.3 is 0 Å². The minimum atomic E-state index is 0.398. The van der Waals surface area contributed by atoms with Crippen molar-refractivity contribution in [1.29, 1.82) is 0 Å². The summed E-state index contributed by atoms with van der Waals surface area (Å²) in [7, 11) is 1.64. The highest BCUT2D eigenvalue weighted by atomic mass is 35.5. The molecule has 0 saturated carbocycles. The van der Waals surface area contributed by atoms with E-state index in [0.29, 0.717) is 11.0 Å². The summed E-state index contributed by atoms with van der Waals surface area (Å²) in [5.41, 5.74) is 2.54. The van der Waals surface area contributed by atoms with Crippen molar-refractivity contribution in [3.05, 3.63) is 60.0 Å². The van der Waals surface area contributed by atoms with Crippen molar-refractivity contribution >= 4 is 11.6 Å². The SMILES string of the molecule is COc1ccc(-c2cc(Cl)nc(-c3cccnc3)n2)cc1. The van der Waals surface area contributed by atoms with Crippen molar-refractivity contribution in [3.63, 3.8) is 0 Å².